The van der Waals surface area contributed by atoms with Gasteiger partial charge < -0.3 is 4.42 Å². The molecule has 0 fully saturated rings. The van der Waals surface area contributed by atoms with Crippen molar-refractivity contribution in [1.29, 1.82) is 1.23 Å². The molecule has 1 aliphatic rings. The maximum absolute atomic E-state index is 10.1. The van der Waals surface area contributed by atoms with Gasteiger partial charge in [-0.05, 0) is 71.9 Å². The number of nitrogens with zero attached hydrogens (tertiary/aromatic N) is 2. The lowest BCUT2D eigenvalue weighted by atomic mass is 9.81. The first-order valence-electron chi connectivity index (χ1n) is 20.4. The summed E-state index contributed by atoms with van der Waals surface area (Å²) >= 11 is 1.63. The van der Waals surface area contributed by atoms with Gasteiger partial charge in [-0.2, -0.15) is 4.98 Å². The average Bonchev–Trinajstić information content (AvgIpc) is 3.78. The molecular weight excluding hydrogens is 709 g/mol. The van der Waals surface area contributed by atoms with E-state index in [0.717, 1.165) is 53.4 Å². The Morgan fingerprint density at radius 1 is 0.667 bits per heavy atom. The van der Waals surface area contributed by atoms with Crippen molar-refractivity contribution < 1.29 is 8.53 Å². The van der Waals surface area contributed by atoms with E-state index >= 15 is 0 Å². The van der Waals surface area contributed by atoms with Crippen LogP contribution in [-0.2, 0) is 5.41 Å². The smallest absolute Gasteiger partial charge is 0.307 e. The predicted octanol–water partition coefficient (Wildman–Crippen LogP) is 8.01. The van der Waals surface area contributed by atoms with Crippen molar-refractivity contribution in [3.8, 4) is 11.1 Å². The summed E-state index contributed by atoms with van der Waals surface area (Å²) in [5, 5.41) is 5.92. The zero-order chi connectivity index (χ0) is 40.0. The number of aromatic nitrogens is 2. The maximum Gasteiger partial charge on any atom is 0.307 e. The van der Waals surface area contributed by atoms with Crippen LogP contribution in [0.2, 0.25) is 6.48 Å². The summed E-state index contributed by atoms with van der Waals surface area (Å²) < 4.78 is 45.4. The number of oxazole rings is 1. The van der Waals surface area contributed by atoms with Gasteiger partial charge in [0.25, 0.3) is 0 Å². The summed E-state index contributed by atoms with van der Waals surface area (Å²) in [4.78, 5) is 6.93. The second-order valence-corrected chi connectivity index (χ2v) is 21.8. The second-order valence-electron chi connectivity index (χ2n) is 15.1. The lowest BCUT2D eigenvalue weighted by Crippen LogP contribution is -2.75. The molecule has 1 atom stereocenters. The standard InChI is InChI=1S/C48H40N2OSSi2/c1-48(2,3)37-30-29-34(31-36(37)35-21-15-23-39-45(35)49-47-50(39)38-22-11-12-24-40(38)51-47)54(32-17-7-5-8-18-32,33-19-9-6-10-20-33)44-28-16-27-43-46(44)52-41-25-13-14-26-42(41)53(43)4/h5-31,53H,1-4H3/i4D3,53D. The minimum Gasteiger partial charge on any atom is -0.423 e. The van der Waals surface area contributed by atoms with Gasteiger partial charge in [-0.15, -0.1) is 0 Å². The molecule has 1 aliphatic heterocycles. The van der Waals surface area contributed by atoms with E-state index in [4.69, 9.17) is 13.5 Å². The fourth-order valence-corrected chi connectivity index (χ4v) is 17.5. The number of fused-ring (bicyclic) bond motifs is 7. The van der Waals surface area contributed by atoms with E-state index in [1.54, 1.807) is 11.8 Å². The first kappa shape index (κ1) is 29.0. The molecule has 3 nitrogen and oxygen atoms in total. The number of hydrogen-bond donors (Lipinski definition) is 0. The predicted molar refractivity (Wildman–Crippen MR) is 233 cm³/mol. The molecule has 1 unspecified atom stereocenters. The van der Waals surface area contributed by atoms with Crippen LogP contribution in [0.4, 0.5) is 0 Å². The van der Waals surface area contributed by atoms with Crippen LogP contribution in [-0.4, -0.2) is 27.4 Å². The number of imidazole rings is 1. The molecule has 262 valence electrons. The summed E-state index contributed by atoms with van der Waals surface area (Å²) in [6.07, 6.45) is 0. The highest BCUT2D eigenvalue weighted by molar-refractivity contribution is 8.00. The SMILES string of the molecule is [2H]C([2H])([2H])[Si]1([2H])c2ccccc2Sc2c([Si](c3ccccc3)(c3ccccc3)c3ccc(C(C)(C)C)c(-c4cccc5c4nc4oc6ccccc6n45)c3)cccc21. The Bertz CT molecular complexity index is 3010. The van der Waals surface area contributed by atoms with Crippen LogP contribution in [0.25, 0.3) is 39.1 Å². The minimum atomic E-state index is -4.02. The van der Waals surface area contributed by atoms with Gasteiger partial charge >= 0.3 is 5.84 Å². The van der Waals surface area contributed by atoms with Crippen molar-refractivity contribution in [3.63, 3.8) is 0 Å². The minimum absolute atomic E-state index is 0.215. The van der Waals surface area contributed by atoms with Crippen molar-refractivity contribution in [1.82, 2.24) is 9.38 Å². The summed E-state index contributed by atoms with van der Waals surface area (Å²) in [5.41, 5.74) is 6.71. The summed E-state index contributed by atoms with van der Waals surface area (Å²) in [6.45, 7) is 4.28. The molecule has 54 heavy (non-hydrogen) atoms. The molecule has 0 spiro atoms. The molecule has 0 saturated carbocycles. The van der Waals surface area contributed by atoms with Gasteiger partial charge in [0, 0.05) is 20.7 Å². The van der Waals surface area contributed by atoms with Gasteiger partial charge in [0.2, 0.25) is 0 Å². The average molecular weight is 753 g/mol. The molecule has 2 aromatic heterocycles. The van der Waals surface area contributed by atoms with E-state index < -0.39 is 23.3 Å². The molecule has 3 heterocycles. The molecule has 9 aromatic rings. The van der Waals surface area contributed by atoms with Gasteiger partial charge in [-0.25, -0.2) is 0 Å². The largest absolute Gasteiger partial charge is 0.423 e. The molecule has 0 aliphatic carbocycles. The van der Waals surface area contributed by atoms with E-state index in [9.17, 15) is 1.23 Å². The molecule has 0 N–H and O–H groups in total. The van der Waals surface area contributed by atoms with Gasteiger partial charge in [-0.1, -0.05) is 179 Å². The van der Waals surface area contributed by atoms with Crippen LogP contribution in [0.15, 0.2) is 178 Å². The fourth-order valence-electron chi connectivity index (χ4n) is 8.58. The Morgan fingerprint density at radius 3 is 2.09 bits per heavy atom. The third-order valence-corrected chi connectivity index (χ3v) is 19.5. The molecule has 0 bridgehead atoms. The second kappa shape index (κ2) is 12.6. The molecule has 6 heteroatoms. The van der Waals surface area contributed by atoms with Crippen molar-refractivity contribution in [3.05, 3.63) is 169 Å². The molecule has 0 saturated heterocycles. The summed E-state index contributed by atoms with van der Waals surface area (Å²) in [6, 6.07) is 56.8. The first-order valence-corrected chi connectivity index (χ1v) is 22.7. The van der Waals surface area contributed by atoms with Gasteiger partial charge in [0.15, 0.2) is 13.7 Å². The number of hydrogen-bond acceptors (Lipinski definition) is 3. The normalized spacial score (nSPS) is 17.1. The number of benzene rings is 7. The van der Waals surface area contributed by atoms with Crippen molar-refractivity contribution >= 4 is 87.7 Å². The van der Waals surface area contributed by atoms with Gasteiger partial charge in [0.05, 0.1) is 11.0 Å². The summed E-state index contributed by atoms with van der Waals surface area (Å²) in [7, 11) is -7.32. The van der Waals surface area contributed by atoms with E-state index in [1.807, 2.05) is 54.6 Å². The topological polar surface area (TPSA) is 30.4 Å². The Morgan fingerprint density at radius 2 is 1.33 bits per heavy atom. The lowest BCUT2D eigenvalue weighted by molar-refractivity contribution is 0.592. The van der Waals surface area contributed by atoms with Crippen molar-refractivity contribution in [2.24, 2.45) is 0 Å². The Labute approximate surface area is 328 Å². The maximum atomic E-state index is 10.1. The third-order valence-electron chi connectivity index (χ3n) is 11.0. The van der Waals surface area contributed by atoms with E-state index in [-0.39, 0.29) is 5.41 Å². The van der Waals surface area contributed by atoms with Crippen LogP contribution in [0, 0.1) is 0 Å². The van der Waals surface area contributed by atoms with Gasteiger partial charge in [0.1, 0.15) is 14.2 Å². The van der Waals surface area contributed by atoms with Crippen LogP contribution >= 0.6 is 11.8 Å². The Hall–Kier alpha value is -5.41. The van der Waals surface area contributed by atoms with Crippen molar-refractivity contribution in [2.45, 2.75) is 42.5 Å². The monoisotopic (exact) mass is 752 g/mol. The highest BCUT2D eigenvalue weighted by atomic mass is 32.2. The molecular formula is C48H40N2OSSi2. The van der Waals surface area contributed by atoms with E-state index in [1.165, 1.54) is 15.9 Å². The Balaban J connectivity index is 1.33. The molecule has 0 radical (unpaired) electrons. The first-order chi connectivity index (χ1) is 27.9. The van der Waals surface area contributed by atoms with Crippen LogP contribution < -0.4 is 31.1 Å². The molecule has 10 rings (SSSR count). The summed E-state index contributed by atoms with van der Waals surface area (Å²) in [5.74, 6) is 0.555. The zero-order valence-electron chi connectivity index (χ0n) is 34.3. The van der Waals surface area contributed by atoms with Crippen LogP contribution in [0.3, 0.4) is 0 Å². The lowest BCUT2D eigenvalue weighted by Gasteiger charge is -2.38. The number of rotatable bonds is 5. The third kappa shape index (κ3) is 4.97. The molecule has 7 aromatic carbocycles. The van der Waals surface area contributed by atoms with E-state index in [0.29, 0.717) is 16.2 Å². The van der Waals surface area contributed by atoms with E-state index in [2.05, 4.69) is 134 Å². The fraction of sp³-hybridized carbons (Fsp3) is 0.104. The Kier molecular flexibility index (Phi) is 6.76. The van der Waals surface area contributed by atoms with Crippen LogP contribution in [0.1, 0.15) is 30.4 Å². The zero-order valence-corrected chi connectivity index (χ0v) is 33.1. The van der Waals surface area contributed by atoms with Crippen molar-refractivity contribution in [2.75, 3.05) is 0 Å². The molecule has 0 amide bonds. The highest BCUT2D eigenvalue weighted by Gasteiger charge is 2.45. The van der Waals surface area contributed by atoms with Gasteiger partial charge in [-0.3, -0.25) is 4.40 Å². The highest BCUT2D eigenvalue weighted by Crippen LogP contribution is 2.38. The number of para-hydroxylation sites is 3. The quantitative estimate of drug-likeness (QED) is 0.132. The van der Waals surface area contributed by atoms with Crippen LogP contribution in [0.5, 0.6) is 0 Å².